The van der Waals surface area contributed by atoms with Gasteiger partial charge in [-0.15, -0.1) is 0 Å². The molecule has 2 aliphatic rings. The molecule has 0 radical (unpaired) electrons. The molecule has 0 saturated carbocycles. The summed E-state index contributed by atoms with van der Waals surface area (Å²) in [6, 6.07) is 0. The van der Waals surface area contributed by atoms with Gasteiger partial charge in [0.05, 0.1) is 0 Å². The zero-order valence-corrected chi connectivity index (χ0v) is 19.4. The number of hydrogen-bond acceptors (Lipinski definition) is 2. The highest BCUT2D eigenvalue weighted by Crippen LogP contribution is 2.41. The van der Waals surface area contributed by atoms with E-state index in [2.05, 4.69) is 41.5 Å². The zero-order chi connectivity index (χ0) is 21.5. The molecule has 2 nitrogen and oxygen atoms in total. The summed E-state index contributed by atoms with van der Waals surface area (Å²) in [5.74, 6) is 0.262. The van der Waals surface area contributed by atoms with Crippen LogP contribution in [0.15, 0.2) is 46.6 Å². The molecule has 2 rings (SSSR count). The molecule has 0 N–H and O–H groups in total. The highest BCUT2D eigenvalue weighted by atomic mass is 16.1. The van der Waals surface area contributed by atoms with Gasteiger partial charge in [0, 0.05) is 0 Å². The third kappa shape index (κ3) is 7.37. The summed E-state index contributed by atoms with van der Waals surface area (Å²) in [6.07, 6.45) is 14.8. The summed E-state index contributed by atoms with van der Waals surface area (Å²) < 4.78 is 0. The second-order valence-electron chi connectivity index (χ2n) is 9.75. The molecule has 0 aromatic carbocycles. The number of ketones is 2. The molecule has 0 atom stereocenters. The predicted octanol–water partition coefficient (Wildman–Crippen LogP) is 7.32. The summed E-state index contributed by atoms with van der Waals surface area (Å²) >= 11 is 0. The third-order valence-electron chi connectivity index (χ3n) is 6.05. The van der Waals surface area contributed by atoms with Crippen LogP contribution in [0.25, 0.3) is 0 Å². The summed E-state index contributed by atoms with van der Waals surface area (Å²) in [5, 5.41) is 0. The first-order chi connectivity index (χ1) is 12.9. The first kappa shape index (κ1) is 24.3. The fourth-order valence-electron chi connectivity index (χ4n) is 4.42. The average molecular weight is 385 g/mol. The first-order valence-electron chi connectivity index (χ1n) is 10.6. The Balaban J connectivity index is 0.000000280. The Labute approximate surface area is 172 Å². The lowest BCUT2D eigenvalue weighted by molar-refractivity contribution is -0.113. The highest BCUT2D eigenvalue weighted by Gasteiger charge is 2.27. The van der Waals surface area contributed by atoms with E-state index in [1.54, 1.807) is 26.0 Å². The molecule has 0 amide bonds. The van der Waals surface area contributed by atoms with Gasteiger partial charge in [-0.25, -0.2) is 0 Å². The van der Waals surface area contributed by atoms with E-state index in [1.807, 2.05) is 12.2 Å². The van der Waals surface area contributed by atoms with Gasteiger partial charge in [0.25, 0.3) is 0 Å². The van der Waals surface area contributed by atoms with E-state index in [9.17, 15) is 9.59 Å². The van der Waals surface area contributed by atoms with Crippen LogP contribution >= 0.6 is 0 Å². The standard InChI is InChI=1S/2C13H20O/c2*1-10-6-5-9-13(3,4)12(10)8-7-11(2)14/h2*7-8H,5-6,9H2,1-4H3/b2*8-7+. The zero-order valence-electron chi connectivity index (χ0n) is 19.4. The van der Waals surface area contributed by atoms with Crippen molar-refractivity contribution in [3.8, 4) is 0 Å². The lowest BCUT2D eigenvalue weighted by Crippen LogP contribution is -2.19. The summed E-state index contributed by atoms with van der Waals surface area (Å²) in [5.41, 5.74) is 6.10. The maximum Gasteiger partial charge on any atom is 0.152 e. The van der Waals surface area contributed by atoms with Gasteiger partial charge in [0.15, 0.2) is 11.6 Å². The SMILES string of the molecule is CC(=O)/C=C/C1=C(C)CCCC1(C)C.CC(=O)/C=C/C1=C(C)CCCC1(C)C. The Hall–Kier alpha value is -1.70. The molecule has 0 unspecified atom stereocenters. The topological polar surface area (TPSA) is 34.1 Å². The molecule has 2 aliphatic carbocycles. The summed E-state index contributed by atoms with van der Waals surface area (Å²) in [4.78, 5) is 21.8. The normalized spacial score (nSPS) is 21.7. The van der Waals surface area contributed by atoms with Gasteiger partial charge in [-0.2, -0.15) is 0 Å². The molecular formula is C26H40O2. The van der Waals surface area contributed by atoms with E-state index in [0.717, 1.165) is 0 Å². The van der Waals surface area contributed by atoms with Gasteiger partial charge in [0.1, 0.15) is 0 Å². The molecule has 28 heavy (non-hydrogen) atoms. The van der Waals surface area contributed by atoms with Crippen LogP contribution in [0.2, 0.25) is 0 Å². The van der Waals surface area contributed by atoms with Crippen LogP contribution in [0.4, 0.5) is 0 Å². The van der Waals surface area contributed by atoms with Crippen molar-refractivity contribution in [1.29, 1.82) is 0 Å². The van der Waals surface area contributed by atoms with E-state index in [4.69, 9.17) is 0 Å². The van der Waals surface area contributed by atoms with Crippen LogP contribution in [-0.2, 0) is 9.59 Å². The molecule has 0 saturated heterocycles. The number of hydrogen-bond donors (Lipinski definition) is 0. The minimum absolute atomic E-state index is 0.131. The third-order valence-corrected chi connectivity index (χ3v) is 6.05. The highest BCUT2D eigenvalue weighted by molar-refractivity contribution is 5.88. The predicted molar refractivity (Wildman–Crippen MR) is 120 cm³/mol. The maximum absolute atomic E-state index is 10.9. The van der Waals surface area contributed by atoms with E-state index in [0.29, 0.717) is 0 Å². The molecule has 0 aromatic heterocycles. The van der Waals surface area contributed by atoms with Crippen molar-refractivity contribution >= 4 is 11.6 Å². The van der Waals surface area contributed by atoms with Crippen molar-refractivity contribution in [2.24, 2.45) is 10.8 Å². The molecule has 2 heteroatoms. The number of carbonyl (C=O) groups excluding carboxylic acids is 2. The molecule has 0 aliphatic heterocycles. The van der Waals surface area contributed by atoms with Crippen molar-refractivity contribution in [3.05, 3.63) is 46.6 Å². The van der Waals surface area contributed by atoms with Gasteiger partial charge >= 0.3 is 0 Å². The minimum Gasteiger partial charge on any atom is -0.295 e. The fourth-order valence-corrected chi connectivity index (χ4v) is 4.42. The second kappa shape index (κ2) is 10.2. The molecule has 0 fully saturated rings. The molecule has 0 aromatic rings. The van der Waals surface area contributed by atoms with Gasteiger partial charge in [-0.1, -0.05) is 51.0 Å². The van der Waals surface area contributed by atoms with Gasteiger partial charge in [-0.05, 0) is 100 Å². The molecule has 0 spiro atoms. The van der Waals surface area contributed by atoms with Crippen molar-refractivity contribution in [1.82, 2.24) is 0 Å². The maximum atomic E-state index is 10.9. The molecular weight excluding hydrogens is 344 g/mol. The van der Waals surface area contributed by atoms with Gasteiger partial charge in [-0.3, -0.25) is 9.59 Å². The van der Waals surface area contributed by atoms with Crippen LogP contribution in [0.5, 0.6) is 0 Å². The van der Waals surface area contributed by atoms with Crippen molar-refractivity contribution in [2.45, 2.75) is 93.9 Å². The Bertz CT molecular complexity index is 647. The Morgan fingerprint density at radius 2 is 1.04 bits per heavy atom. The van der Waals surface area contributed by atoms with E-state index < -0.39 is 0 Å². The number of allylic oxidation sites excluding steroid dienone is 8. The quantitative estimate of drug-likeness (QED) is 0.476. The minimum atomic E-state index is 0.131. The first-order valence-corrected chi connectivity index (χ1v) is 10.6. The smallest absolute Gasteiger partial charge is 0.152 e. The Morgan fingerprint density at radius 3 is 1.29 bits per heavy atom. The largest absolute Gasteiger partial charge is 0.295 e. The van der Waals surface area contributed by atoms with Crippen LogP contribution in [0.1, 0.15) is 93.9 Å². The lowest BCUT2D eigenvalue weighted by Gasteiger charge is -2.32. The Morgan fingerprint density at radius 1 is 0.714 bits per heavy atom. The Kier molecular flexibility index (Phi) is 8.85. The van der Waals surface area contributed by atoms with Crippen molar-refractivity contribution < 1.29 is 9.59 Å². The van der Waals surface area contributed by atoms with Crippen LogP contribution in [-0.4, -0.2) is 11.6 Å². The molecule has 0 bridgehead atoms. The number of carbonyl (C=O) groups is 2. The lowest BCUT2D eigenvalue weighted by atomic mass is 9.72. The van der Waals surface area contributed by atoms with E-state index >= 15 is 0 Å². The average Bonchev–Trinajstić information content (AvgIpc) is 2.52. The van der Waals surface area contributed by atoms with Gasteiger partial charge < -0.3 is 0 Å². The van der Waals surface area contributed by atoms with E-state index in [-0.39, 0.29) is 22.4 Å². The van der Waals surface area contributed by atoms with Gasteiger partial charge in [0.2, 0.25) is 0 Å². The molecule has 0 heterocycles. The molecule has 156 valence electrons. The van der Waals surface area contributed by atoms with E-state index in [1.165, 1.54) is 60.8 Å². The number of rotatable bonds is 4. The van der Waals surface area contributed by atoms with Crippen LogP contribution in [0, 0.1) is 10.8 Å². The second-order valence-corrected chi connectivity index (χ2v) is 9.75. The fraction of sp³-hybridized carbons (Fsp3) is 0.615. The van der Waals surface area contributed by atoms with Crippen molar-refractivity contribution in [3.63, 3.8) is 0 Å². The summed E-state index contributed by atoms with van der Waals surface area (Å²) in [7, 11) is 0. The van der Waals surface area contributed by atoms with Crippen LogP contribution in [0.3, 0.4) is 0 Å². The monoisotopic (exact) mass is 384 g/mol. The van der Waals surface area contributed by atoms with Crippen LogP contribution < -0.4 is 0 Å². The summed E-state index contributed by atoms with van der Waals surface area (Å²) in [6.45, 7) is 16.6. The van der Waals surface area contributed by atoms with Crippen molar-refractivity contribution in [2.75, 3.05) is 0 Å².